The molecule has 0 heterocycles. The zero-order valence-electron chi connectivity index (χ0n) is 20.6. The van der Waals surface area contributed by atoms with Gasteiger partial charge in [-0.05, 0) is 73.9 Å². The van der Waals surface area contributed by atoms with E-state index in [2.05, 4.69) is 0 Å². The predicted molar refractivity (Wildman–Crippen MR) is 129 cm³/mol. The van der Waals surface area contributed by atoms with Gasteiger partial charge in [-0.2, -0.15) is 13.2 Å². The van der Waals surface area contributed by atoms with Crippen LogP contribution in [-0.4, -0.2) is 58.6 Å². The van der Waals surface area contributed by atoms with Gasteiger partial charge in [0.2, 0.25) is 5.60 Å². The Morgan fingerprint density at radius 3 is 2.00 bits per heavy atom. The van der Waals surface area contributed by atoms with Crippen LogP contribution in [0.5, 0.6) is 0 Å². The van der Waals surface area contributed by atoms with Crippen LogP contribution in [0.4, 0.5) is 22.4 Å². The number of nitrogens with zero attached hydrogens (tertiary/aromatic N) is 1. The summed E-state index contributed by atoms with van der Waals surface area (Å²) < 4.78 is 58.6. The van der Waals surface area contributed by atoms with Gasteiger partial charge in [-0.15, -0.1) is 0 Å². The highest BCUT2D eigenvalue weighted by molar-refractivity contribution is 5.95. The first-order valence-electron chi connectivity index (χ1n) is 12.4. The van der Waals surface area contributed by atoms with Gasteiger partial charge >= 0.3 is 12.3 Å². The molecule has 0 bridgehead atoms. The lowest BCUT2D eigenvalue weighted by Gasteiger charge is -2.43. The fourth-order valence-electron chi connectivity index (χ4n) is 5.33. The van der Waals surface area contributed by atoms with Crippen molar-refractivity contribution in [2.45, 2.75) is 67.8 Å². The standard InChI is InChI=1S/C27H30F4N2O5/c28-20-7-5-18(6-8-20)25(16-38-24(32)36)13-11-22(12-14-25)33(21-9-10-21)23(35)17-1-3-19(4-2-17)26(37,15-34)27(29,30)31/h1-8,21-22,34,37H,9-16H2,(H2,32,36)/t22?,25?,26-/m0/s1. The smallest absolute Gasteiger partial charge is 0.423 e. The van der Waals surface area contributed by atoms with Gasteiger partial charge < -0.3 is 25.6 Å². The monoisotopic (exact) mass is 538 g/mol. The maximum Gasteiger partial charge on any atom is 0.423 e. The Labute approximate surface area is 217 Å². The fraction of sp³-hybridized carbons (Fsp3) is 0.481. The minimum absolute atomic E-state index is 0.0110. The second-order valence-electron chi connectivity index (χ2n) is 10.2. The van der Waals surface area contributed by atoms with Gasteiger partial charge in [-0.1, -0.05) is 24.3 Å². The van der Waals surface area contributed by atoms with E-state index in [1.807, 2.05) is 0 Å². The minimum atomic E-state index is -5.09. The number of hydrogen-bond donors (Lipinski definition) is 3. The second kappa shape index (κ2) is 10.5. The van der Waals surface area contributed by atoms with E-state index in [4.69, 9.17) is 10.5 Å². The van der Waals surface area contributed by atoms with Gasteiger partial charge in [-0.3, -0.25) is 4.79 Å². The Balaban J connectivity index is 1.53. The summed E-state index contributed by atoms with van der Waals surface area (Å²) in [7, 11) is 0. The number of primary amides is 1. The van der Waals surface area contributed by atoms with Crippen LogP contribution in [0.25, 0.3) is 0 Å². The quantitative estimate of drug-likeness (QED) is 0.437. The molecule has 2 aromatic carbocycles. The van der Waals surface area contributed by atoms with Crippen molar-refractivity contribution < 1.29 is 42.1 Å². The third-order valence-corrected chi connectivity index (χ3v) is 7.73. The molecule has 0 saturated heterocycles. The third kappa shape index (κ3) is 5.49. The van der Waals surface area contributed by atoms with E-state index < -0.39 is 41.3 Å². The van der Waals surface area contributed by atoms with Gasteiger partial charge in [0.05, 0.1) is 6.61 Å². The number of hydrogen-bond acceptors (Lipinski definition) is 5. The lowest BCUT2D eigenvalue weighted by Crippen LogP contribution is -2.48. The van der Waals surface area contributed by atoms with Gasteiger partial charge in [0.25, 0.3) is 5.91 Å². The zero-order valence-corrected chi connectivity index (χ0v) is 20.6. The van der Waals surface area contributed by atoms with E-state index in [1.165, 1.54) is 24.3 Å². The molecule has 0 unspecified atom stereocenters. The highest BCUT2D eigenvalue weighted by Gasteiger charge is 2.54. The summed E-state index contributed by atoms with van der Waals surface area (Å²) in [6.07, 6.45) is -2.16. The van der Waals surface area contributed by atoms with Crippen LogP contribution in [0, 0.1) is 5.82 Å². The average molecular weight is 539 g/mol. The topological polar surface area (TPSA) is 113 Å². The molecule has 0 spiro atoms. The molecule has 11 heteroatoms. The van der Waals surface area contributed by atoms with Crippen LogP contribution in [0.2, 0.25) is 0 Å². The first-order valence-corrected chi connectivity index (χ1v) is 12.4. The zero-order chi connectivity index (χ0) is 27.7. The maximum atomic E-state index is 13.5. The van der Waals surface area contributed by atoms with Crippen molar-refractivity contribution in [2.24, 2.45) is 5.73 Å². The molecule has 7 nitrogen and oxygen atoms in total. The van der Waals surface area contributed by atoms with Crippen LogP contribution in [0.1, 0.15) is 60.0 Å². The number of rotatable bonds is 8. The number of amides is 2. The molecule has 2 fully saturated rings. The fourth-order valence-corrected chi connectivity index (χ4v) is 5.33. The third-order valence-electron chi connectivity index (χ3n) is 7.73. The first kappa shape index (κ1) is 27.8. The molecule has 2 amide bonds. The molecule has 2 aliphatic carbocycles. The molecule has 4 N–H and O–H groups in total. The number of nitrogens with two attached hydrogens (primary N) is 1. The van der Waals surface area contributed by atoms with Gasteiger partial charge in [0, 0.05) is 23.1 Å². The number of ether oxygens (including phenoxy) is 1. The van der Waals surface area contributed by atoms with Crippen molar-refractivity contribution in [3.05, 3.63) is 71.0 Å². The van der Waals surface area contributed by atoms with E-state index in [-0.39, 0.29) is 30.2 Å². The molecular formula is C27H30F4N2O5. The van der Waals surface area contributed by atoms with Crippen LogP contribution < -0.4 is 5.73 Å². The summed E-state index contributed by atoms with van der Waals surface area (Å²) in [6.45, 7) is -1.53. The average Bonchev–Trinajstić information content (AvgIpc) is 3.73. The summed E-state index contributed by atoms with van der Waals surface area (Å²) in [5.41, 5.74) is 1.61. The molecule has 0 aliphatic heterocycles. The molecule has 206 valence electrons. The first-order chi connectivity index (χ1) is 17.9. The van der Waals surface area contributed by atoms with E-state index in [0.29, 0.717) is 25.7 Å². The van der Waals surface area contributed by atoms with Crippen molar-refractivity contribution in [1.82, 2.24) is 4.90 Å². The number of benzene rings is 2. The molecular weight excluding hydrogens is 508 g/mol. The van der Waals surface area contributed by atoms with E-state index in [1.54, 1.807) is 17.0 Å². The number of aliphatic hydroxyl groups is 2. The van der Waals surface area contributed by atoms with E-state index in [0.717, 1.165) is 30.5 Å². The van der Waals surface area contributed by atoms with Gasteiger partial charge in [0.15, 0.2) is 0 Å². The Morgan fingerprint density at radius 1 is 0.974 bits per heavy atom. The Kier molecular flexibility index (Phi) is 7.72. The normalized spacial score (nSPS) is 23.4. The van der Waals surface area contributed by atoms with Crippen molar-refractivity contribution in [3.8, 4) is 0 Å². The molecule has 2 aromatic rings. The lowest BCUT2D eigenvalue weighted by molar-refractivity contribution is -0.277. The Bertz CT molecular complexity index is 1140. The lowest BCUT2D eigenvalue weighted by atomic mass is 9.68. The number of carbonyl (C=O) groups excluding carboxylic acids is 2. The van der Waals surface area contributed by atoms with Crippen LogP contribution in [0.15, 0.2) is 48.5 Å². The van der Waals surface area contributed by atoms with Crippen LogP contribution in [-0.2, 0) is 15.8 Å². The van der Waals surface area contributed by atoms with E-state index >= 15 is 0 Å². The molecule has 2 saturated carbocycles. The number of halogens is 4. The van der Waals surface area contributed by atoms with Crippen molar-refractivity contribution in [3.63, 3.8) is 0 Å². The van der Waals surface area contributed by atoms with Crippen LogP contribution >= 0.6 is 0 Å². The number of carbonyl (C=O) groups is 2. The molecule has 0 aromatic heterocycles. The molecule has 1 atom stereocenters. The van der Waals surface area contributed by atoms with Gasteiger partial charge in [-0.25, -0.2) is 9.18 Å². The summed E-state index contributed by atoms with van der Waals surface area (Å²) >= 11 is 0. The Morgan fingerprint density at radius 2 is 1.53 bits per heavy atom. The highest BCUT2D eigenvalue weighted by atomic mass is 19.4. The largest absolute Gasteiger partial charge is 0.449 e. The Hall–Kier alpha value is -3.18. The molecule has 0 radical (unpaired) electrons. The molecule has 4 rings (SSSR count). The van der Waals surface area contributed by atoms with Crippen molar-refractivity contribution in [2.75, 3.05) is 13.2 Å². The summed E-state index contributed by atoms with van der Waals surface area (Å²) in [4.78, 5) is 26.6. The van der Waals surface area contributed by atoms with Gasteiger partial charge in [0.1, 0.15) is 12.4 Å². The van der Waals surface area contributed by atoms with Crippen molar-refractivity contribution >= 4 is 12.0 Å². The second-order valence-corrected chi connectivity index (χ2v) is 10.2. The van der Waals surface area contributed by atoms with E-state index in [9.17, 15) is 37.4 Å². The predicted octanol–water partition coefficient (Wildman–Crippen LogP) is 4.15. The maximum absolute atomic E-state index is 13.5. The number of alkyl halides is 3. The van der Waals surface area contributed by atoms with Crippen molar-refractivity contribution in [1.29, 1.82) is 0 Å². The molecule has 2 aliphatic rings. The number of aliphatic hydroxyl groups excluding tert-OH is 1. The molecule has 38 heavy (non-hydrogen) atoms. The van der Waals surface area contributed by atoms with Crippen LogP contribution in [0.3, 0.4) is 0 Å². The SMILES string of the molecule is NC(=O)OCC1(c2ccc(F)cc2)CCC(N(C(=O)c2ccc([C@@](O)(CO)C(F)(F)F)cc2)C2CC2)CC1. The summed E-state index contributed by atoms with van der Waals surface area (Å²) in [6, 6.07) is 10.3. The minimum Gasteiger partial charge on any atom is -0.449 e. The highest BCUT2D eigenvalue weighted by Crippen LogP contribution is 2.44. The summed E-state index contributed by atoms with van der Waals surface area (Å²) in [5, 5.41) is 19.2. The summed E-state index contributed by atoms with van der Waals surface area (Å²) in [5.74, 6) is -0.719.